The van der Waals surface area contributed by atoms with Gasteiger partial charge < -0.3 is 19.9 Å². The number of ether oxygens (including phenoxy) is 1. The highest BCUT2D eigenvalue weighted by molar-refractivity contribution is 5.50. The number of hydrogen-bond acceptors (Lipinski definition) is 6. The van der Waals surface area contributed by atoms with Gasteiger partial charge in [0.25, 0.3) is 0 Å². The Labute approximate surface area is 172 Å². The van der Waals surface area contributed by atoms with Crippen molar-refractivity contribution in [1.82, 2.24) is 9.97 Å². The molecule has 0 spiro atoms. The van der Waals surface area contributed by atoms with Crippen LogP contribution in [0.25, 0.3) is 0 Å². The lowest BCUT2D eigenvalue weighted by Crippen LogP contribution is -2.46. The molecule has 6 nitrogen and oxygen atoms in total. The van der Waals surface area contributed by atoms with Crippen molar-refractivity contribution in [3.63, 3.8) is 0 Å². The van der Waals surface area contributed by atoms with Crippen LogP contribution in [-0.2, 0) is 6.42 Å². The molecule has 0 unspecified atom stereocenters. The summed E-state index contributed by atoms with van der Waals surface area (Å²) in [6.45, 7) is 4.67. The largest absolute Gasteiger partial charge is 0.497 e. The maximum Gasteiger partial charge on any atom is 0.224 e. The molecule has 1 fully saturated rings. The number of methoxy groups -OCH3 is 1. The van der Waals surface area contributed by atoms with Crippen LogP contribution in [0, 0.1) is 0 Å². The van der Waals surface area contributed by atoms with Crippen LogP contribution in [0.1, 0.15) is 5.56 Å². The average molecular weight is 390 g/mol. The number of aromatic nitrogens is 2. The van der Waals surface area contributed by atoms with E-state index in [1.165, 1.54) is 11.3 Å². The van der Waals surface area contributed by atoms with E-state index in [9.17, 15) is 0 Å². The summed E-state index contributed by atoms with van der Waals surface area (Å²) >= 11 is 0. The molecule has 0 bridgehead atoms. The summed E-state index contributed by atoms with van der Waals surface area (Å²) < 4.78 is 5.28. The van der Waals surface area contributed by atoms with Crippen molar-refractivity contribution in [2.45, 2.75) is 6.42 Å². The highest BCUT2D eigenvalue weighted by Gasteiger charge is 2.18. The number of piperazine rings is 1. The van der Waals surface area contributed by atoms with Crippen LogP contribution in [0.4, 0.5) is 17.5 Å². The van der Waals surface area contributed by atoms with E-state index >= 15 is 0 Å². The van der Waals surface area contributed by atoms with Gasteiger partial charge in [-0.05, 0) is 42.3 Å². The number of anilines is 3. The summed E-state index contributed by atoms with van der Waals surface area (Å²) in [5.74, 6) is 2.54. The van der Waals surface area contributed by atoms with Crippen LogP contribution < -0.4 is 19.9 Å². The first-order valence-corrected chi connectivity index (χ1v) is 10.1. The van der Waals surface area contributed by atoms with Crippen LogP contribution in [0.2, 0.25) is 0 Å². The van der Waals surface area contributed by atoms with E-state index in [0.717, 1.165) is 50.7 Å². The monoisotopic (exact) mass is 389 g/mol. The fourth-order valence-electron chi connectivity index (χ4n) is 3.59. The van der Waals surface area contributed by atoms with Crippen molar-refractivity contribution in [3.05, 3.63) is 72.4 Å². The molecule has 0 amide bonds. The minimum atomic E-state index is 0.677. The van der Waals surface area contributed by atoms with Gasteiger partial charge in [-0.3, -0.25) is 0 Å². The molecule has 0 radical (unpaired) electrons. The smallest absolute Gasteiger partial charge is 0.224 e. The third-order valence-corrected chi connectivity index (χ3v) is 5.20. The standard InChI is InChI=1S/C23H27N5O/c1-29-21-9-5-6-19(18-21)10-12-24-23-25-13-11-22(26-23)28-16-14-27(15-17-28)20-7-3-2-4-8-20/h2-9,11,13,18H,10,12,14-17H2,1H3,(H,24,25,26). The highest BCUT2D eigenvalue weighted by Crippen LogP contribution is 2.19. The highest BCUT2D eigenvalue weighted by atomic mass is 16.5. The fraction of sp³-hybridized carbons (Fsp3) is 0.304. The molecule has 0 aliphatic carbocycles. The van der Waals surface area contributed by atoms with Gasteiger partial charge in [-0.1, -0.05) is 30.3 Å². The first kappa shape index (κ1) is 19.1. The summed E-state index contributed by atoms with van der Waals surface area (Å²) in [6, 6.07) is 20.7. The molecular weight excluding hydrogens is 362 g/mol. The third-order valence-electron chi connectivity index (χ3n) is 5.20. The van der Waals surface area contributed by atoms with Gasteiger partial charge in [-0.2, -0.15) is 4.98 Å². The lowest BCUT2D eigenvalue weighted by molar-refractivity contribution is 0.414. The van der Waals surface area contributed by atoms with E-state index in [0.29, 0.717) is 5.95 Å². The van der Waals surface area contributed by atoms with E-state index in [2.05, 4.69) is 62.6 Å². The molecule has 3 aromatic rings. The number of nitrogens with zero attached hydrogens (tertiary/aromatic N) is 4. The first-order valence-electron chi connectivity index (χ1n) is 10.1. The third kappa shape index (κ3) is 4.96. The summed E-state index contributed by atoms with van der Waals surface area (Å²) in [5, 5.41) is 3.34. The Bertz CT molecular complexity index is 910. The quantitative estimate of drug-likeness (QED) is 0.668. The van der Waals surface area contributed by atoms with Gasteiger partial charge in [-0.15, -0.1) is 0 Å². The second-order valence-corrected chi connectivity index (χ2v) is 7.08. The van der Waals surface area contributed by atoms with Crippen LogP contribution in [-0.4, -0.2) is 49.8 Å². The lowest BCUT2D eigenvalue weighted by atomic mass is 10.1. The first-order chi connectivity index (χ1) is 14.3. The molecule has 2 heterocycles. The van der Waals surface area contributed by atoms with Crippen molar-refractivity contribution in [2.24, 2.45) is 0 Å². The van der Waals surface area contributed by atoms with Gasteiger partial charge >= 0.3 is 0 Å². The van der Waals surface area contributed by atoms with Gasteiger partial charge in [0.05, 0.1) is 7.11 Å². The molecular formula is C23H27N5O. The zero-order valence-corrected chi connectivity index (χ0v) is 16.8. The van der Waals surface area contributed by atoms with Crippen molar-refractivity contribution in [1.29, 1.82) is 0 Å². The molecule has 29 heavy (non-hydrogen) atoms. The topological polar surface area (TPSA) is 53.5 Å². The minimum Gasteiger partial charge on any atom is -0.497 e. The molecule has 1 aliphatic heterocycles. The zero-order valence-electron chi connectivity index (χ0n) is 16.8. The van der Waals surface area contributed by atoms with E-state index in [4.69, 9.17) is 9.72 Å². The zero-order chi connectivity index (χ0) is 19.9. The number of hydrogen-bond donors (Lipinski definition) is 1. The SMILES string of the molecule is COc1cccc(CCNc2nccc(N3CCN(c4ccccc4)CC3)n2)c1. The van der Waals surface area contributed by atoms with E-state index in [1.807, 2.05) is 24.4 Å². The predicted octanol–water partition coefficient (Wildman–Crippen LogP) is 3.47. The summed E-state index contributed by atoms with van der Waals surface area (Å²) in [7, 11) is 1.69. The second kappa shape index (κ2) is 9.28. The summed E-state index contributed by atoms with van der Waals surface area (Å²) in [6.07, 6.45) is 2.72. The molecule has 2 aromatic carbocycles. The second-order valence-electron chi connectivity index (χ2n) is 7.08. The predicted molar refractivity (Wildman–Crippen MR) is 118 cm³/mol. The van der Waals surface area contributed by atoms with E-state index < -0.39 is 0 Å². The van der Waals surface area contributed by atoms with Crippen LogP contribution in [0.3, 0.4) is 0 Å². The molecule has 0 saturated carbocycles. The number of benzene rings is 2. The lowest BCUT2D eigenvalue weighted by Gasteiger charge is -2.36. The number of rotatable bonds is 7. The van der Waals surface area contributed by atoms with Gasteiger partial charge in [0.15, 0.2) is 0 Å². The summed E-state index contributed by atoms with van der Waals surface area (Å²) in [5.41, 5.74) is 2.51. The maximum atomic E-state index is 5.28. The maximum absolute atomic E-state index is 5.28. The van der Waals surface area contributed by atoms with E-state index in [1.54, 1.807) is 7.11 Å². The number of para-hydroxylation sites is 1. The molecule has 1 saturated heterocycles. The molecule has 1 aromatic heterocycles. The number of nitrogens with one attached hydrogen (secondary N) is 1. The van der Waals surface area contributed by atoms with Crippen molar-refractivity contribution in [3.8, 4) is 5.75 Å². The van der Waals surface area contributed by atoms with Crippen molar-refractivity contribution < 1.29 is 4.74 Å². The molecule has 4 rings (SSSR count). The van der Waals surface area contributed by atoms with Gasteiger partial charge in [0.2, 0.25) is 5.95 Å². The molecule has 1 aliphatic rings. The Morgan fingerprint density at radius 3 is 2.52 bits per heavy atom. The van der Waals surface area contributed by atoms with E-state index in [-0.39, 0.29) is 0 Å². The minimum absolute atomic E-state index is 0.677. The molecule has 150 valence electrons. The molecule has 6 heteroatoms. The Morgan fingerprint density at radius 2 is 1.72 bits per heavy atom. The Kier molecular flexibility index (Phi) is 6.10. The Hall–Kier alpha value is -3.28. The normalized spacial score (nSPS) is 14.0. The van der Waals surface area contributed by atoms with Crippen molar-refractivity contribution in [2.75, 3.05) is 55.0 Å². The van der Waals surface area contributed by atoms with Gasteiger partial charge in [-0.25, -0.2) is 4.98 Å². The van der Waals surface area contributed by atoms with Crippen LogP contribution in [0.5, 0.6) is 5.75 Å². The van der Waals surface area contributed by atoms with Gasteiger partial charge in [0.1, 0.15) is 11.6 Å². The molecule has 0 atom stereocenters. The Balaban J connectivity index is 1.31. The average Bonchev–Trinajstić information content (AvgIpc) is 2.80. The van der Waals surface area contributed by atoms with Crippen molar-refractivity contribution >= 4 is 17.5 Å². The van der Waals surface area contributed by atoms with Crippen LogP contribution >= 0.6 is 0 Å². The van der Waals surface area contributed by atoms with Crippen LogP contribution in [0.15, 0.2) is 66.9 Å². The molecule has 1 N–H and O–H groups in total. The summed E-state index contributed by atoms with van der Waals surface area (Å²) in [4.78, 5) is 13.8. The Morgan fingerprint density at radius 1 is 0.931 bits per heavy atom. The van der Waals surface area contributed by atoms with Gasteiger partial charge in [0, 0.05) is 44.6 Å². The fourth-order valence-corrected chi connectivity index (χ4v) is 3.59.